The number of rotatable bonds is 3. The maximum atomic E-state index is 12.1. The van der Waals surface area contributed by atoms with E-state index in [0.29, 0.717) is 17.7 Å². The highest BCUT2D eigenvalue weighted by Crippen LogP contribution is 2.40. The number of anilines is 1. The van der Waals surface area contributed by atoms with Gasteiger partial charge in [-0.3, -0.25) is 5.32 Å². The third kappa shape index (κ3) is 3.55. The minimum atomic E-state index is -0.175. The fourth-order valence-corrected chi connectivity index (χ4v) is 3.56. The molecule has 1 saturated heterocycles. The van der Waals surface area contributed by atoms with Gasteiger partial charge in [-0.05, 0) is 24.2 Å². The Morgan fingerprint density at radius 1 is 1.38 bits per heavy atom. The van der Waals surface area contributed by atoms with Crippen LogP contribution in [0.25, 0.3) is 0 Å². The van der Waals surface area contributed by atoms with Crippen LogP contribution in [-0.2, 0) is 10.2 Å². The molecule has 2 atom stereocenters. The second-order valence-electron chi connectivity index (χ2n) is 7.02. The molecule has 2 unspecified atom stereocenters. The van der Waals surface area contributed by atoms with Crippen molar-refractivity contribution in [3.8, 4) is 0 Å². The zero-order valence-corrected chi connectivity index (χ0v) is 13.6. The minimum absolute atomic E-state index is 0.0600. The van der Waals surface area contributed by atoms with Gasteiger partial charge in [0.1, 0.15) is 0 Å². The standard InChI is InChI=1S/C15H23N3O2S/c1-15(2,3)12-6-16-14(21-12)18-13(19)17-11-8-20-7-10(11)9-4-5-9/h6,9-11H,4-5,7-8H2,1-3H3,(H2,16,17,18,19). The number of nitrogens with zero attached hydrogens (tertiary/aromatic N) is 1. The molecule has 2 amide bonds. The molecular formula is C15H23N3O2S. The molecule has 2 aliphatic rings. The molecule has 5 nitrogen and oxygen atoms in total. The van der Waals surface area contributed by atoms with Crippen molar-refractivity contribution < 1.29 is 9.53 Å². The predicted molar refractivity (Wildman–Crippen MR) is 83.8 cm³/mol. The summed E-state index contributed by atoms with van der Waals surface area (Å²) in [4.78, 5) is 17.5. The Bertz CT molecular complexity index is 519. The summed E-state index contributed by atoms with van der Waals surface area (Å²) in [6, 6.07) is -0.0366. The summed E-state index contributed by atoms with van der Waals surface area (Å²) in [5.74, 6) is 1.22. The summed E-state index contributed by atoms with van der Waals surface area (Å²) in [6.07, 6.45) is 4.39. The lowest BCUT2D eigenvalue weighted by atomic mass is 9.96. The lowest BCUT2D eigenvalue weighted by molar-refractivity contribution is 0.180. The first kappa shape index (κ1) is 14.8. The largest absolute Gasteiger partial charge is 0.379 e. The SMILES string of the molecule is CC(C)(C)c1cnc(NC(=O)NC2COCC2C2CC2)s1. The smallest absolute Gasteiger partial charge is 0.321 e. The molecule has 2 heterocycles. The van der Waals surface area contributed by atoms with Crippen LogP contribution in [0, 0.1) is 11.8 Å². The molecule has 2 N–H and O–H groups in total. The monoisotopic (exact) mass is 309 g/mol. The lowest BCUT2D eigenvalue weighted by Crippen LogP contribution is -2.42. The molecule has 1 saturated carbocycles. The van der Waals surface area contributed by atoms with E-state index in [1.165, 1.54) is 24.2 Å². The zero-order valence-electron chi connectivity index (χ0n) is 12.8. The highest BCUT2D eigenvalue weighted by atomic mass is 32.1. The van der Waals surface area contributed by atoms with E-state index in [4.69, 9.17) is 4.74 Å². The highest BCUT2D eigenvalue weighted by Gasteiger charge is 2.40. The van der Waals surface area contributed by atoms with Gasteiger partial charge in [0.05, 0.1) is 19.3 Å². The summed E-state index contributed by atoms with van der Waals surface area (Å²) in [5.41, 5.74) is 0.0600. The van der Waals surface area contributed by atoms with E-state index >= 15 is 0 Å². The first-order valence-electron chi connectivity index (χ1n) is 7.55. The van der Waals surface area contributed by atoms with Crippen LogP contribution in [0.2, 0.25) is 0 Å². The summed E-state index contributed by atoms with van der Waals surface area (Å²) in [5, 5.41) is 6.53. The van der Waals surface area contributed by atoms with Crippen LogP contribution in [0.15, 0.2) is 6.20 Å². The minimum Gasteiger partial charge on any atom is -0.379 e. The van der Waals surface area contributed by atoms with Gasteiger partial charge in [0.25, 0.3) is 0 Å². The Morgan fingerprint density at radius 2 is 2.14 bits per heavy atom. The predicted octanol–water partition coefficient (Wildman–Crippen LogP) is 2.99. The van der Waals surface area contributed by atoms with Crippen LogP contribution < -0.4 is 10.6 Å². The second kappa shape index (κ2) is 5.57. The highest BCUT2D eigenvalue weighted by molar-refractivity contribution is 7.15. The third-order valence-electron chi connectivity index (χ3n) is 4.13. The summed E-state index contributed by atoms with van der Waals surface area (Å²) in [7, 11) is 0. The molecule has 1 aliphatic carbocycles. The van der Waals surface area contributed by atoms with Crippen LogP contribution in [0.4, 0.5) is 9.93 Å². The van der Waals surface area contributed by atoms with Crippen molar-refractivity contribution in [1.82, 2.24) is 10.3 Å². The molecule has 21 heavy (non-hydrogen) atoms. The molecular weight excluding hydrogens is 286 g/mol. The fourth-order valence-electron chi connectivity index (χ4n) is 2.69. The number of hydrogen-bond donors (Lipinski definition) is 2. The van der Waals surface area contributed by atoms with Crippen molar-refractivity contribution >= 4 is 22.5 Å². The van der Waals surface area contributed by atoms with E-state index in [9.17, 15) is 4.79 Å². The van der Waals surface area contributed by atoms with E-state index in [2.05, 4.69) is 36.4 Å². The Morgan fingerprint density at radius 3 is 2.76 bits per heavy atom. The van der Waals surface area contributed by atoms with Crippen molar-refractivity contribution in [1.29, 1.82) is 0 Å². The Labute approximate surface area is 129 Å². The van der Waals surface area contributed by atoms with Crippen molar-refractivity contribution in [2.45, 2.75) is 45.1 Å². The van der Waals surface area contributed by atoms with Gasteiger partial charge in [0.2, 0.25) is 0 Å². The van der Waals surface area contributed by atoms with Crippen LogP contribution in [0.5, 0.6) is 0 Å². The van der Waals surface area contributed by atoms with Gasteiger partial charge in [0, 0.05) is 17.0 Å². The summed E-state index contributed by atoms with van der Waals surface area (Å²) < 4.78 is 5.52. The van der Waals surface area contributed by atoms with Gasteiger partial charge in [-0.2, -0.15) is 0 Å². The number of hydrogen-bond acceptors (Lipinski definition) is 4. The van der Waals surface area contributed by atoms with Crippen LogP contribution in [0.1, 0.15) is 38.5 Å². The molecule has 1 aliphatic heterocycles. The van der Waals surface area contributed by atoms with E-state index in [0.717, 1.165) is 17.4 Å². The van der Waals surface area contributed by atoms with Crippen molar-refractivity contribution in [3.05, 3.63) is 11.1 Å². The van der Waals surface area contributed by atoms with Gasteiger partial charge in [-0.25, -0.2) is 9.78 Å². The van der Waals surface area contributed by atoms with Gasteiger partial charge < -0.3 is 10.1 Å². The average molecular weight is 309 g/mol. The molecule has 2 fully saturated rings. The van der Waals surface area contributed by atoms with E-state index in [1.807, 2.05) is 6.20 Å². The van der Waals surface area contributed by atoms with Gasteiger partial charge in [-0.1, -0.05) is 20.8 Å². The first-order chi connectivity index (χ1) is 9.93. The molecule has 0 bridgehead atoms. The number of thiazole rings is 1. The molecule has 6 heteroatoms. The molecule has 0 spiro atoms. The van der Waals surface area contributed by atoms with Crippen molar-refractivity contribution in [2.75, 3.05) is 18.5 Å². The third-order valence-corrected chi connectivity index (χ3v) is 5.47. The van der Waals surface area contributed by atoms with Crippen LogP contribution >= 0.6 is 11.3 Å². The molecule has 0 aromatic carbocycles. The maximum absolute atomic E-state index is 12.1. The quantitative estimate of drug-likeness (QED) is 0.902. The van der Waals surface area contributed by atoms with E-state index in [1.54, 1.807) is 0 Å². The summed E-state index contributed by atoms with van der Waals surface area (Å²) >= 11 is 1.53. The second-order valence-corrected chi connectivity index (χ2v) is 8.05. The number of carbonyl (C=O) groups excluding carboxylic acids is 1. The molecule has 1 aromatic rings. The molecule has 116 valence electrons. The van der Waals surface area contributed by atoms with Crippen molar-refractivity contribution in [2.24, 2.45) is 11.8 Å². The topological polar surface area (TPSA) is 63.2 Å². The molecule has 0 radical (unpaired) electrons. The lowest BCUT2D eigenvalue weighted by Gasteiger charge is -2.18. The number of aromatic nitrogens is 1. The number of ether oxygens (including phenoxy) is 1. The Kier molecular flexibility index (Phi) is 3.92. The number of amides is 2. The number of urea groups is 1. The zero-order chi connectivity index (χ0) is 15.0. The Balaban J connectivity index is 1.55. The van der Waals surface area contributed by atoms with Crippen LogP contribution in [0.3, 0.4) is 0 Å². The fraction of sp³-hybridized carbons (Fsp3) is 0.733. The van der Waals surface area contributed by atoms with Gasteiger partial charge in [-0.15, -0.1) is 11.3 Å². The van der Waals surface area contributed by atoms with Crippen LogP contribution in [-0.4, -0.2) is 30.3 Å². The maximum Gasteiger partial charge on any atom is 0.321 e. The normalized spacial score (nSPS) is 25.9. The first-order valence-corrected chi connectivity index (χ1v) is 8.37. The van der Waals surface area contributed by atoms with E-state index in [-0.39, 0.29) is 17.5 Å². The number of nitrogens with one attached hydrogen (secondary N) is 2. The average Bonchev–Trinajstić information content (AvgIpc) is 2.94. The number of carbonyl (C=O) groups is 1. The van der Waals surface area contributed by atoms with E-state index < -0.39 is 0 Å². The molecule has 1 aromatic heterocycles. The van der Waals surface area contributed by atoms with Gasteiger partial charge >= 0.3 is 6.03 Å². The molecule has 3 rings (SSSR count). The summed E-state index contributed by atoms with van der Waals surface area (Å²) in [6.45, 7) is 7.82. The Hall–Kier alpha value is -1.14. The van der Waals surface area contributed by atoms with Gasteiger partial charge in [0.15, 0.2) is 5.13 Å². The van der Waals surface area contributed by atoms with Crippen molar-refractivity contribution in [3.63, 3.8) is 0 Å².